The third kappa shape index (κ3) is 5.73. The van der Waals surface area contributed by atoms with Crippen molar-refractivity contribution in [3.05, 3.63) is 64.3 Å². The molecule has 0 saturated carbocycles. The monoisotopic (exact) mass is 628 g/mol. The number of halogens is 1. The lowest BCUT2D eigenvalue weighted by molar-refractivity contribution is -0.148. The molecule has 0 unspecified atom stereocenters. The van der Waals surface area contributed by atoms with E-state index >= 15 is 0 Å². The van der Waals surface area contributed by atoms with Gasteiger partial charge in [0.05, 0.1) is 4.88 Å². The summed E-state index contributed by atoms with van der Waals surface area (Å²) in [5.41, 5.74) is 2.12. The highest BCUT2D eigenvalue weighted by Gasteiger charge is 2.48. The fourth-order valence-electron chi connectivity index (χ4n) is 6.77. The van der Waals surface area contributed by atoms with E-state index in [2.05, 4.69) is 17.2 Å². The fourth-order valence-corrected chi connectivity index (χ4v) is 8.27. The minimum Gasteiger partial charge on any atom is -0.340 e. The van der Waals surface area contributed by atoms with Gasteiger partial charge in [-0.25, -0.2) is 4.39 Å². The normalized spacial score (nSPS) is 25.3. The van der Waals surface area contributed by atoms with E-state index in [4.69, 9.17) is 0 Å². The number of alkyl halides is 1. The molecule has 3 N–H and O–H groups in total. The summed E-state index contributed by atoms with van der Waals surface area (Å²) in [5, 5.41) is 3.37. The molecule has 3 amide bonds. The maximum absolute atomic E-state index is 14.2. The number of aryl methyl sites for hydroxylation is 1. The zero-order valence-corrected chi connectivity index (χ0v) is 25.6. The van der Waals surface area contributed by atoms with Crippen LogP contribution in [0.5, 0.6) is 0 Å². The van der Waals surface area contributed by atoms with Crippen LogP contribution in [0.25, 0.3) is 10.1 Å². The Morgan fingerprint density at radius 2 is 1.93 bits per heavy atom. The number of hydrogen-bond donors (Lipinski definition) is 3. The standard InChI is InChI=1S/C30H34FN4O6PS/c1-16-9-21-4-5-24(30(38)34-14-20(15-34)22-13-32-8-7-17(22)2)35(21)29(37)23(10-16)33-28(36)26-12-19-11-18(3-6-25(19)43-26)27(31)42(39,40)41/h3,6-8,11-13,16,20-21,23-24,27H,4-5,9-10,14-15H2,1-2H3,(H,33,36)(H2,39,40,41)/t16-,21+,23-,24-,27+/m0/s1. The average molecular weight is 629 g/mol. The predicted molar refractivity (Wildman–Crippen MR) is 159 cm³/mol. The highest BCUT2D eigenvalue weighted by atomic mass is 32.1. The highest BCUT2D eigenvalue weighted by molar-refractivity contribution is 7.51. The van der Waals surface area contributed by atoms with Gasteiger partial charge >= 0.3 is 7.60 Å². The summed E-state index contributed by atoms with van der Waals surface area (Å²) in [4.78, 5) is 67.4. The second kappa shape index (κ2) is 11.4. The van der Waals surface area contributed by atoms with Crippen molar-refractivity contribution in [2.75, 3.05) is 13.1 Å². The molecule has 13 heteroatoms. The molecule has 228 valence electrons. The molecular weight excluding hydrogens is 594 g/mol. The molecule has 3 saturated heterocycles. The smallest absolute Gasteiger partial charge is 0.340 e. The quantitative estimate of drug-likeness (QED) is 0.347. The molecule has 10 nitrogen and oxygen atoms in total. The number of nitrogens with zero attached hydrogens (tertiary/aromatic N) is 3. The summed E-state index contributed by atoms with van der Waals surface area (Å²) in [6.07, 6.45) is 6.16. The Bertz CT molecular complexity index is 1640. The number of rotatable bonds is 6. The lowest BCUT2D eigenvalue weighted by atomic mass is 9.89. The SMILES string of the molecule is Cc1ccncc1C1CN(C(=O)[C@@H]2CC[C@@H]3C[C@H](C)C[C@H](NC(=O)c4cc5cc([C@H](F)P(=O)(O)O)ccc5s4)C(=O)N32)C1. The number of likely N-dealkylation sites (tertiary alicyclic amines) is 1. The van der Waals surface area contributed by atoms with Crippen LogP contribution >= 0.6 is 18.9 Å². The van der Waals surface area contributed by atoms with Crippen molar-refractivity contribution in [3.63, 3.8) is 0 Å². The first-order valence-corrected chi connectivity index (χ1v) is 17.0. The van der Waals surface area contributed by atoms with Crippen LogP contribution in [0.1, 0.15) is 70.8 Å². The van der Waals surface area contributed by atoms with Gasteiger partial charge in [0.1, 0.15) is 12.1 Å². The Hall–Kier alpha value is -3.18. The van der Waals surface area contributed by atoms with Crippen LogP contribution in [-0.2, 0) is 14.2 Å². The summed E-state index contributed by atoms with van der Waals surface area (Å²) in [6.45, 7) is 5.28. The second-order valence-corrected chi connectivity index (χ2v) is 14.8. The third-order valence-corrected chi connectivity index (χ3v) is 11.0. The molecule has 0 spiro atoms. The summed E-state index contributed by atoms with van der Waals surface area (Å²) in [6, 6.07) is 6.24. The minimum absolute atomic E-state index is 0.0462. The van der Waals surface area contributed by atoms with Crippen molar-refractivity contribution >= 4 is 46.7 Å². The number of hydrogen-bond acceptors (Lipinski definition) is 6. The van der Waals surface area contributed by atoms with Crippen LogP contribution in [-0.4, -0.2) is 73.5 Å². The van der Waals surface area contributed by atoms with Crippen molar-refractivity contribution in [1.82, 2.24) is 20.1 Å². The van der Waals surface area contributed by atoms with E-state index in [0.29, 0.717) is 40.9 Å². The largest absolute Gasteiger partial charge is 0.363 e. The average Bonchev–Trinajstić information content (AvgIpc) is 3.52. The van der Waals surface area contributed by atoms with E-state index in [1.165, 1.54) is 24.3 Å². The molecule has 0 aliphatic carbocycles. The number of carbonyl (C=O) groups is 3. The molecule has 1 aromatic carbocycles. The van der Waals surface area contributed by atoms with Crippen LogP contribution in [0, 0.1) is 12.8 Å². The van der Waals surface area contributed by atoms with Crippen LogP contribution in [0.2, 0.25) is 0 Å². The maximum Gasteiger partial charge on any atom is 0.363 e. The summed E-state index contributed by atoms with van der Waals surface area (Å²) < 4.78 is 26.3. The van der Waals surface area contributed by atoms with Gasteiger partial charge in [0, 0.05) is 42.1 Å². The molecule has 3 aliphatic heterocycles. The van der Waals surface area contributed by atoms with Gasteiger partial charge in [-0.1, -0.05) is 13.0 Å². The first kappa shape index (κ1) is 29.9. The Kier molecular flexibility index (Phi) is 7.91. The Balaban J connectivity index is 1.16. The minimum atomic E-state index is -4.97. The van der Waals surface area contributed by atoms with Crippen LogP contribution in [0.4, 0.5) is 4.39 Å². The molecule has 2 aromatic heterocycles. The van der Waals surface area contributed by atoms with Gasteiger partial charge in [-0.3, -0.25) is 23.9 Å². The van der Waals surface area contributed by atoms with Gasteiger partial charge in [0.25, 0.3) is 5.91 Å². The molecule has 3 aromatic rings. The molecule has 5 heterocycles. The van der Waals surface area contributed by atoms with E-state index in [1.807, 2.05) is 24.1 Å². The van der Waals surface area contributed by atoms with E-state index in [0.717, 1.165) is 35.3 Å². The van der Waals surface area contributed by atoms with Crippen molar-refractivity contribution in [3.8, 4) is 0 Å². The number of fused-ring (bicyclic) bond motifs is 2. The molecule has 6 rings (SSSR count). The number of nitrogens with one attached hydrogen (secondary N) is 1. The van der Waals surface area contributed by atoms with Gasteiger partial charge in [-0.2, -0.15) is 0 Å². The van der Waals surface area contributed by atoms with Gasteiger partial charge in [-0.05, 0) is 84.9 Å². The highest BCUT2D eigenvalue weighted by Crippen LogP contribution is 2.53. The molecule has 0 bridgehead atoms. The zero-order chi connectivity index (χ0) is 30.6. The van der Waals surface area contributed by atoms with Crippen LogP contribution < -0.4 is 5.32 Å². The molecule has 43 heavy (non-hydrogen) atoms. The first-order chi connectivity index (χ1) is 20.4. The van der Waals surface area contributed by atoms with E-state index in [1.54, 1.807) is 11.1 Å². The molecule has 0 radical (unpaired) electrons. The third-order valence-electron chi connectivity index (χ3n) is 9.01. The molecule has 3 aliphatic rings. The van der Waals surface area contributed by atoms with E-state index in [9.17, 15) is 33.1 Å². The topological polar surface area (TPSA) is 140 Å². The van der Waals surface area contributed by atoms with Crippen LogP contribution in [0.3, 0.4) is 0 Å². The van der Waals surface area contributed by atoms with Crippen molar-refractivity contribution < 1.29 is 33.1 Å². The predicted octanol–water partition coefficient (Wildman–Crippen LogP) is 4.26. The fraction of sp³-hybridized carbons (Fsp3) is 0.467. The van der Waals surface area contributed by atoms with Gasteiger partial charge < -0.3 is 24.9 Å². The van der Waals surface area contributed by atoms with Crippen molar-refractivity contribution in [1.29, 1.82) is 0 Å². The number of pyridine rings is 1. The summed E-state index contributed by atoms with van der Waals surface area (Å²) in [5.74, 6) is -2.83. The lowest BCUT2D eigenvalue weighted by Gasteiger charge is -2.43. The number of amides is 3. The van der Waals surface area contributed by atoms with E-state index < -0.39 is 31.5 Å². The summed E-state index contributed by atoms with van der Waals surface area (Å²) >= 11 is 1.15. The first-order valence-electron chi connectivity index (χ1n) is 14.5. The number of benzene rings is 1. The van der Waals surface area contributed by atoms with Crippen molar-refractivity contribution in [2.45, 2.75) is 69.5 Å². The zero-order valence-electron chi connectivity index (χ0n) is 23.9. The van der Waals surface area contributed by atoms with Crippen molar-refractivity contribution in [2.24, 2.45) is 5.92 Å². The number of carbonyl (C=O) groups excluding carboxylic acids is 3. The maximum atomic E-state index is 14.2. The summed E-state index contributed by atoms with van der Waals surface area (Å²) in [7, 11) is -4.97. The number of aromatic nitrogens is 1. The molecule has 5 atom stereocenters. The number of thiophene rings is 1. The Labute approximate surface area is 252 Å². The van der Waals surface area contributed by atoms with Crippen LogP contribution in [0.15, 0.2) is 42.7 Å². The van der Waals surface area contributed by atoms with Gasteiger partial charge in [0.15, 0.2) is 0 Å². The van der Waals surface area contributed by atoms with E-state index in [-0.39, 0.29) is 35.3 Å². The van der Waals surface area contributed by atoms with Gasteiger partial charge in [-0.15, -0.1) is 11.3 Å². The second-order valence-electron chi connectivity index (χ2n) is 12.1. The molecule has 3 fully saturated rings. The Morgan fingerprint density at radius 3 is 2.65 bits per heavy atom. The Morgan fingerprint density at radius 1 is 1.16 bits per heavy atom. The molecular formula is C30H34FN4O6PS. The lowest BCUT2D eigenvalue weighted by Crippen LogP contribution is -2.58. The van der Waals surface area contributed by atoms with Gasteiger partial charge in [0.2, 0.25) is 17.7 Å².